The molecule has 0 radical (unpaired) electrons. The van der Waals surface area contributed by atoms with Gasteiger partial charge in [0, 0.05) is 23.6 Å². The molecule has 2 aromatic rings. The predicted octanol–water partition coefficient (Wildman–Crippen LogP) is 3.56. The number of amides is 1. The van der Waals surface area contributed by atoms with E-state index in [0.29, 0.717) is 25.3 Å². The Hall–Kier alpha value is -2.90. The van der Waals surface area contributed by atoms with Crippen LogP contribution in [0.15, 0.2) is 77.9 Å². The molecule has 0 atom stereocenters. The van der Waals surface area contributed by atoms with Crippen molar-refractivity contribution in [3.05, 3.63) is 83.3 Å². The number of carbonyl (C=O) groups is 1. The molecular weight excluding hydrogens is 420 g/mol. The zero-order valence-corrected chi connectivity index (χ0v) is 20.1. The summed E-state index contributed by atoms with van der Waals surface area (Å²) in [5.41, 5.74) is 8.60. The first-order valence-electron chi connectivity index (χ1n) is 10.6. The molecule has 0 spiro atoms. The quantitative estimate of drug-likeness (QED) is 0.133. The van der Waals surface area contributed by atoms with E-state index >= 15 is 0 Å². The lowest BCUT2D eigenvalue weighted by atomic mass is 10.2. The van der Waals surface area contributed by atoms with Crippen LogP contribution in [0.1, 0.15) is 20.8 Å². The van der Waals surface area contributed by atoms with Crippen molar-refractivity contribution in [3.63, 3.8) is 0 Å². The Kier molecular flexibility index (Phi) is 9.68. The van der Waals surface area contributed by atoms with Crippen molar-refractivity contribution in [2.24, 2.45) is 5.11 Å². The molecule has 0 fully saturated rings. The summed E-state index contributed by atoms with van der Waals surface area (Å²) < 4.78 is 12.0. The third-order valence-corrected chi connectivity index (χ3v) is 10.1. The van der Waals surface area contributed by atoms with Crippen LogP contribution in [0.25, 0.3) is 10.4 Å². The van der Waals surface area contributed by atoms with Gasteiger partial charge in [0.25, 0.3) is 8.32 Å². The van der Waals surface area contributed by atoms with Crippen LogP contribution in [0, 0.1) is 0 Å². The van der Waals surface area contributed by atoms with E-state index in [2.05, 4.69) is 67.0 Å². The highest BCUT2D eigenvalue weighted by atomic mass is 28.4. The highest BCUT2D eigenvalue weighted by Crippen LogP contribution is 2.36. The molecular formula is C24H32N4O3Si. The molecule has 0 aromatic heterocycles. The van der Waals surface area contributed by atoms with Crippen molar-refractivity contribution in [1.82, 2.24) is 5.32 Å². The Bertz CT molecular complexity index is 884. The summed E-state index contributed by atoms with van der Waals surface area (Å²) in [5.74, 6) is -0.262. The van der Waals surface area contributed by atoms with Gasteiger partial charge in [-0.05, 0) is 20.9 Å². The van der Waals surface area contributed by atoms with Crippen LogP contribution < -0.4 is 15.7 Å². The van der Waals surface area contributed by atoms with Gasteiger partial charge in [-0.1, -0.05) is 93.1 Å². The maximum Gasteiger partial charge on any atom is 0.261 e. The van der Waals surface area contributed by atoms with E-state index in [9.17, 15) is 4.79 Å². The number of rotatable bonds is 12. The molecule has 170 valence electrons. The predicted molar refractivity (Wildman–Crippen MR) is 131 cm³/mol. The van der Waals surface area contributed by atoms with Crippen molar-refractivity contribution in [3.8, 4) is 0 Å². The van der Waals surface area contributed by atoms with E-state index in [1.54, 1.807) is 0 Å². The minimum Gasteiger partial charge on any atom is -0.403 e. The van der Waals surface area contributed by atoms with Gasteiger partial charge in [0.15, 0.2) is 0 Å². The molecule has 2 rings (SSSR count). The monoisotopic (exact) mass is 452 g/mol. The van der Waals surface area contributed by atoms with Crippen LogP contribution in [0.3, 0.4) is 0 Å². The van der Waals surface area contributed by atoms with Crippen LogP contribution in [0.2, 0.25) is 5.04 Å². The zero-order valence-electron chi connectivity index (χ0n) is 19.1. The molecule has 0 bridgehead atoms. The molecule has 0 saturated carbocycles. The number of carbonyl (C=O) groups excluding carboxylic acids is 1. The van der Waals surface area contributed by atoms with E-state index in [1.165, 1.54) is 0 Å². The molecule has 0 heterocycles. The second-order valence-corrected chi connectivity index (χ2v) is 12.7. The van der Waals surface area contributed by atoms with E-state index in [1.807, 2.05) is 36.4 Å². The number of hydrogen-bond donors (Lipinski definition) is 1. The number of azide groups is 1. The fourth-order valence-electron chi connectivity index (χ4n) is 3.64. The summed E-state index contributed by atoms with van der Waals surface area (Å²) in [4.78, 5) is 15.2. The molecule has 1 N–H and O–H groups in total. The summed E-state index contributed by atoms with van der Waals surface area (Å²) in [6, 6.07) is 20.5. The maximum absolute atomic E-state index is 12.5. The van der Waals surface area contributed by atoms with Gasteiger partial charge < -0.3 is 14.5 Å². The topological polar surface area (TPSA) is 96.3 Å². The van der Waals surface area contributed by atoms with E-state index < -0.39 is 8.32 Å². The van der Waals surface area contributed by atoms with Gasteiger partial charge in [0.1, 0.15) is 0 Å². The van der Waals surface area contributed by atoms with E-state index in [0.717, 1.165) is 10.4 Å². The fourth-order valence-corrected chi connectivity index (χ4v) is 8.18. The molecule has 7 nitrogen and oxygen atoms in total. The average Bonchev–Trinajstić information content (AvgIpc) is 2.79. The Morgan fingerprint density at radius 3 is 2.12 bits per heavy atom. The minimum atomic E-state index is -2.72. The third kappa shape index (κ3) is 6.55. The third-order valence-electron chi connectivity index (χ3n) is 5.13. The van der Waals surface area contributed by atoms with E-state index in [4.69, 9.17) is 14.7 Å². The Labute approximate surface area is 191 Å². The second kappa shape index (κ2) is 12.2. The Balaban J connectivity index is 2.11. The largest absolute Gasteiger partial charge is 0.403 e. The summed E-state index contributed by atoms with van der Waals surface area (Å²) in [6.07, 6.45) is 0. The van der Waals surface area contributed by atoms with Gasteiger partial charge in [0.2, 0.25) is 5.91 Å². The molecule has 0 saturated heterocycles. The van der Waals surface area contributed by atoms with Gasteiger partial charge in [-0.2, -0.15) is 0 Å². The molecule has 8 heteroatoms. The van der Waals surface area contributed by atoms with Crippen molar-refractivity contribution >= 4 is 24.6 Å². The fraction of sp³-hybridized carbons (Fsp3) is 0.375. The van der Waals surface area contributed by atoms with Gasteiger partial charge in [-0.15, -0.1) is 0 Å². The highest BCUT2D eigenvalue weighted by Gasteiger charge is 2.50. The molecule has 0 aliphatic heterocycles. The Morgan fingerprint density at radius 1 is 1.06 bits per heavy atom. The van der Waals surface area contributed by atoms with Crippen molar-refractivity contribution in [2.45, 2.75) is 25.8 Å². The molecule has 0 aliphatic carbocycles. The van der Waals surface area contributed by atoms with Crippen molar-refractivity contribution in [1.29, 1.82) is 0 Å². The lowest BCUT2D eigenvalue weighted by Crippen LogP contribution is -2.66. The van der Waals surface area contributed by atoms with Gasteiger partial charge in [-0.3, -0.25) is 4.79 Å². The second-order valence-electron chi connectivity index (χ2n) is 8.38. The number of hydrogen-bond acceptors (Lipinski definition) is 4. The smallest absolute Gasteiger partial charge is 0.261 e. The van der Waals surface area contributed by atoms with Crippen LogP contribution in [-0.2, 0) is 14.0 Å². The van der Waals surface area contributed by atoms with Gasteiger partial charge in [-0.25, -0.2) is 0 Å². The standard InChI is InChI=1S/C24H32N4O3Si/c1-20(23(29)26-15-17-30-18-16-27-28-25)19-31-32(24(2,3)4,21-11-7-5-8-12-21)22-13-9-6-10-14-22/h5-14H,1,15-19H2,2-4H3,(H,26,29). The lowest BCUT2D eigenvalue weighted by molar-refractivity contribution is -0.118. The summed E-state index contributed by atoms with van der Waals surface area (Å²) >= 11 is 0. The van der Waals surface area contributed by atoms with Crippen LogP contribution in [0.4, 0.5) is 0 Å². The number of nitrogens with zero attached hydrogens (tertiary/aromatic N) is 3. The number of ether oxygens (including phenoxy) is 1. The normalized spacial score (nSPS) is 11.5. The van der Waals surface area contributed by atoms with Crippen LogP contribution in [0.5, 0.6) is 0 Å². The number of nitrogens with one attached hydrogen (secondary N) is 1. The van der Waals surface area contributed by atoms with Gasteiger partial charge in [0.05, 0.1) is 19.8 Å². The SMILES string of the molecule is C=C(CO[Si](c1ccccc1)(c1ccccc1)C(C)(C)C)C(=O)NCCOCCN=[N+]=[N-]. The van der Waals surface area contributed by atoms with Gasteiger partial charge >= 0.3 is 0 Å². The molecule has 32 heavy (non-hydrogen) atoms. The van der Waals surface area contributed by atoms with E-state index in [-0.39, 0.29) is 24.1 Å². The van der Waals surface area contributed by atoms with Crippen molar-refractivity contribution in [2.75, 3.05) is 32.9 Å². The molecule has 0 unspecified atom stereocenters. The highest BCUT2D eigenvalue weighted by molar-refractivity contribution is 6.99. The first-order valence-corrected chi connectivity index (χ1v) is 12.5. The summed E-state index contributed by atoms with van der Waals surface area (Å²) in [7, 11) is -2.72. The molecule has 1 amide bonds. The number of benzene rings is 2. The average molecular weight is 453 g/mol. The molecule has 2 aromatic carbocycles. The summed E-state index contributed by atoms with van der Waals surface area (Å²) in [6.45, 7) is 11.9. The van der Waals surface area contributed by atoms with Crippen molar-refractivity contribution < 1.29 is 14.0 Å². The maximum atomic E-state index is 12.5. The summed E-state index contributed by atoms with van der Waals surface area (Å²) in [5, 5.41) is 8.32. The van der Waals surface area contributed by atoms with Crippen LogP contribution in [-0.4, -0.2) is 47.1 Å². The zero-order chi connectivity index (χ0) is 23.5. The first-order chi connectivity index (χ1) is 15.3. The Morgan fingerprint density at radius 2 is 1.62 bits per heavy atom. The lowest BCUT2D eigenvalue weighted by Gasteiger charge is -2.43. The van der Waals surface area contributed by atoms with Crippen LogP contribution >= 0.6 is 0 Å². The minimum absolute atomic E-state index is 0.136. The first kappa shape index (κ1) is 25.4. The molecule has 0 aliphatic rings.